The van der Waals surface area contributed by atoms with E-state index < -0.39 is 12.1 Å². The first-order valence-corrected chi connectivity index (χ1v) is 7.42. The quantitative estimate of drug-likeness (QED) is 0.841. The van der Waals surface area contributed by atoms with Crippen molar-refractivity contribution in [2.24, 2.45) is 23.5 Å². The van der Waals surface area contributed by atoms with Crippen LogP contribution in [0.2, 0.25) is 0 Å². The van der Waals surface area contributed by atoms with Gasteiger partial charge < -0.3 is 5.73 Å². The van der Waals surface area contributed by atoms with E-state index in [-0.39, 0.29) is 19.0 Å². The van der Waals surface area contributed by atoms with Crippen LogP contribution in [0.3, 0.4) is 0 Å². The smallest absolute Gasteiger partial charge is 0.330 e. The van der Waals surface area contributed by atoms with Crippen molar-refractivity contribution < 1.29 is 13.2 Å². The summed E-state index contributed by atoms with van der Waals surface area (Å²) in [7, 11) is 0. The average Bonchev–Trinajstić information content (AvgIpc) is 2.38. The maximum absolute atomic E-state index is 12.9. The third-order valence-corrected chi connectivity index (χ3v) is 4.91. The molecular formula is C14H25F3N2. The Balaban J connectivity index is 2.02. The number of nitrogens with zero attached hydrogens (tertiary/aromatic N) is 1. The van der Waals surface area contributed by atoms with Gasteiger partial charge in [-0.3, -0.25) is 4.90 Å². The third kappa shape index (κ3) is 3.63. The molecule has 4 atom stereocenters. The summed E-state index contributed by atoms with van der Waals surface area (Å²) in [5.41, 5.74) is 5.82. The third-order valence-electron chi connectivity index (χ3n) is 4.91. The maximum atomic E-state index is 12.9. The first kappa shape index (κ1) is 15.1. The van der Waals surface area contributed by atoms with Gasteiger partial charge in [0.2, 0.25) is 0 Å². The van der Waals surface area contributed by atoms with Crippen LogP contribution in [-0.2, 0) is 0 Å². The number of hydrogen-bond acceptors (Lipinski definition) is 2. The molecule has 112 valence electrons. The molecule has 0 aromatic heterocycles. The Hall–Kier alpha value is -0.290. The van der Waals surface area contributed by atoms with Crippen LogP contribution in [0.5, 0.6) is 0 Å². The normalized spacial score (nSPS) is 38.4. The molecule has 2 rings (SSSR count). The van der Waals surface area contributed by atoms with E-state index in [1.807, 2.05) is 0 Å². The van der Waals surface area contributed by atoms with Crippen molar-refractivity contribution in [3.05, 3.63) is 0 Å². The molecule has 0 bridgehead atoms. The van der Waals surface area contributed by atoms with Crippen molar-refractivity contribution >= 4 is 0 Å². The fourth-order valence-corrected chi connectivity index (χ4v) is 3.71. The van der Waals surface area contributed by atoms with Crippen LogP contribution < -0.4 is 5.73 Å². The van der Waals surface area contributed by atoms with E-state index >= 15 is 0 Å². The number of piperidine rings is 1. The molecule has 1 aliphatic carbocycles. The van der Waals surface area contributed by atoms with Crippen molar-refractivity contribution in [2.75, 3.05) is 19.6 Å². The van der Waals surface area contributed by atoms with Gasteiger partial charge in [-0.2, -0.15) is 13.2 Å². The summed E-state index contributed by atoms with van der Waals surface area (Å²) in [5.74, 6) is -0.154. The van der Waals surface area contributed by atoms with Gasteiger partial charge in [0.25, 0.3) is 0 Å². The van der Waals surface area contributed by atoms with E-state index in [4.69, 9.17) is 5.73 Å². The molecule has 5 heteroatoms. The molecule has 1 heterocycles. The summed E-state index contributed by atoms with van der Waals surface area (Å²) in [6.45, 7) is 3.79. The van der Waals surface area contributed by atoms with Gasteiger partial charge in [0.05, 0.1) is 5.92 Å². The Kier molecular flexibility index (Phi) is 4.77. The Morgan fingerprint density at radius 2 is 1.95 bits per heavy atom. The molecule has 0 aromatic carbocycles. The summed E-state index contributed by atoms with van der Waals surface area (Å²) in [4.78, 5) is 2.08. The maximum Gasteiger partial charge on any atom is 0.393 e. The fourth-order valence-electron chi connectivity index (χ4n) is 3.71. The van der Waals surface area contributed by atoms with Crippen LogP contribution in [0.15, 0.2) is 0 Å². The standard InChI is InChI=1S/C14H25F3N2/c1-10-4-5-11(8-18)13(7-10)19-6-2-3-12(9-19)14(15,16)17/h10-13H,2-9,18H2,1H3. The van der Waals surface area contributed by atoms with Gasteiger partial charge in [-0.05, 0) is 50.6 Å². The van der Waals surface area contributed by atoms with Gasteiger partial charge in [0, 0.05) is 12.6 Å². The molecule has 2 N–H and O–H groups in total. The topological polar surface area (TPSA) is 29.3 Å². The molecule has 1 aliphatic heterocycles. The lowest BCUT2D eigenvalue weighted by Crippen LogP contribution is -2.52. The van der Waals surface area contributed by atoms with Crippen LogP contribution in [0.25, 0.3) is 0 Å². The monoisotopic (exact) mass is 278 g/mol. The molecule has 0 spiro atoms. The van der Waals surface area contributed by atoms with Crippen LogP contribution in [0, 0.1) is 17.8 Å². The largest absolute Gasteiger partial charge is 0.393 e. The van der Waals surface area contributed by atoms with E-state index in [2.05, 4.69) is 11.8 Å². The summed E-state index contributed by atoms with van der Waals surface area (Å²) in [6.07, 6.45) is 0.135. The highest BCUT2D eigenvalue weighted by molar-refractivity contribution is 4.90. The van der Waals surface area contributed by atoms with Gasteiger partial charge in [0.15, 0.2) is 0 Å². The Morgan fingerprint density at radius 1 is 1.21 bits per heavy atom. The molecule has 4 unspecified atom stereocenters. The summed E-state index contributed by atoms with van der Waals surface area (Å²) < 4.78 is 38.7. The minimum atomic E-state index is -4.04. The molecule has 2 aliphatic rings. The van der Waals surface area contributed by atoms with Crippen molar-refractivity contribution in [1.82, 2.24) is 4.90 Å². The van der Waals surface area contributed by atoms with Gasteiger partial charge in [0.1, 0.15) is 0 Å². The fraction of sp³-hybridized carbons (Fsp3) is 1.00. The lowest BCUT2D eigenvalue weighted by Gasteiger charge is -2.45. The molecular weight excluding hydrogens is 253 g/mol. The van der Waals surface area contributed by atoms with Crippen LogP contribution in [0.4, 0.5) is 13.2 Å². The van der Waals surface area contributed by atoms with Gasteiger partial charge in [-0.25, -0.2) is 0 Å². The highest BCUT2D eigenvalue weighted by Crippen LogP contribution is 2.38. The SMILES string of the molecule is CC1CCC(CN)C(N2CCCC(C(F)(F)F)C2)C1. The number of alkyl halides is 3. The predicted octanol–water partition coefficient (Wildman–Crippen LogP) is 3.02. The van der Waals surface area contributed by atoms with Gasteiger partial charge in [-0.15, -0.1) is 0 Å². The first-order valence-electron chi connectivity index (χ1n) is 7.42. The Morgan fingerprint density at radius 3 is 2.58 bits per heavy atom. The highest BCUT2D eigenvalue weighted by Gasteiger charge is 2.44. The second-order valence-electron chi connectivity index (χ2n) is 6.36. The van der Waals surface area contributed by atoms with Crippen LogP contribution in [0.1, 0.15) is 39.0 Å². The number of likely N-dealkylation sites (tertiary alicyclic amines) is 1. The van der Waals surface area contributed by atoms with Crippen molar-refractivity contribution in [2.45, 2.75) is 51.2 Å². The highest BCUT2D eigenvalue weighted by atomic mass is 19.4. The van der Waals surface area contributed by atoms with Crippen LogP contribution in [-0.4, -0.2) is 36.8 Å². The Bertz CT molecular complexity index is 293. The lowest BCUT2D eigenvalue weighted by molar-refractivity contribution is -0.190. The number of rotatable bonds is 2. The van der Waals surface area contributed by atoms with Crippen molar-refractivity contribution in [3.63, 3.8) is 0 Å². The summed E-state index contributed by atoms with van der Waals surface area (Å²) >= 11 is 0. The second-order valence-corrected chi connectivity index (χ2v) is 6.36. The zero-order chi connectivity index (χ0) is 14.0. The van der Waals surface area contributed by atoms with Gasteiger partial charge in [-0.1, -0.05) is 13.3 Å². The molecule has 1 saturated heterocycles. The van der Waals surface area contributed by atoms with E-state index in [0.29, 0.717) is 24.8 Å². The van der Waals surface area contributed by atoms with E-state index in [1.165, 1.54) is 0 Å². The van der Waals surface area contributed by atoms with E-state index in [0.717, 1.165) is 25.8 Å². The van der Waals surface area contributed by atoms with E-state index in [1.54, 1.807) is 0 Å². The minimum Gasteiger partial charge on any atom is -0.330 e. The van der Waals surface area contributed by atoms with Crippen LogP contribution >= 0.6 is 0 Å². The summed E-state index contributed by atoms with van der Waals surface area (Å²) in [6, 6.07) is 0.263. The molecule has 2 fully saturated rings. The predicted molar refractivity (Wildman–Crippen MR) is 69.7 cm³/mol. The zero-order valence-corrected chi connectivity index (χ0v) is 11.6. The number of hydrogen-bond donors (Lipinski definition) is 1. The second kappa shape index (κ2) is 6.00. The molecule has 2 nitrogen and oxygen atoms in total. The van der Waals surface area contributed by atoms with Gasteiger partial charge >= 0.3 is 6.18 Å². The molecule has 19 heavy (non-hydrogen) atoms. The van der Waals surface area contributed by atoms with Crippen molar-refractivity contribution in [1.29, 1.82) is 0 Å². The summed E-state index contributed by atoms with van der Waals surface area (Å²) in [5, 5.41) is 0. The zero-order valence-electron chi connectivity index (χ0n) is 11.6. The van der Waals surface area contributed by atoms with Crippen molar-refractivity contribution in [3.8, 4) is 0 Å². The number of nitrogens with two attached hydrogens (primary N) is 1. The molecule has 1 saturated carbocycles. The average molecular weight is 278 g/mol. The number of halogens is 3. The van der Waals surface area contributed by atoms with E-state index in [9.17, 15) is 13.2 Å². The molecule has 0 aromatic rings. The Labute approximate surface area is 113 Å². The molecule has 0 amide bonds. The lowest BCUT2D eigenvalue weighted by atomic mass is 9.77. The molecule has 0 radical (unpaired) electrons. The first-order chi connectivity index (χ1) is 8.91. The minimum absolute atomic E-state index is 0.178.